The van der Waals surface area contributed by atoms with Gasteiger partial charge in [0.25, 0.3) is 0 Å². The van der Waals surface area contributed by atoms with Crippen LogP contribution in [0.15, 0.2) is 36.5 Å². The van der Waals surface area contributed by atoms with Crippen LogP contribution in [0, 0.1) is 0 Å². The molecule has 0 heterocycles. The second-order valence-electron chi connectivity index (χ2n) is 4.01. The van der Waals surface area contributed by atoms with Crippen LogP contribution in [-0.4, -0.2) is 31.4 Å². The van der Waals surface area contributed by atoms with Gasteiger partial charge in [-0.25, -0.2) is 9.78 Å². The van der Waals surface area contributed by atoms with E-state index in [0.29, 0.717) is 18.8 Å². The normalized spacial score (nSPS) is 10.8. The molecule has 98 valence electrons. The molecule has 0 atom stereocenters. The molecule has 4 nitrogen and oxygen atoms in total. The Bertz CT molecular complexity index is 396. The molecule has 1 aromatic carbocycles. The molecule has 0 unspecified atom stereocenters. The standard InChI is InChI=1S/C14H19NO3/c1-4-17-18-11-12-5-7-13(8-6-12)14(16)9-10-15(2)3/h5-10H,4,11H2,1-3H3/b10-9+. The fourth-order valence-electron chi connectivity index (χ4n) is 1.27. The maximum atomic E-state index is 11.8. The molecule has 1 aromatic rings. The van der Waals surface area contributed by atoms with Crippen LogP contribution in [0.1, 0.15) is 22.8 Å². The first-order valence-corrected chi connectivity index (χ1v) is 5.85. The van der Waals surface area contributed by atoms with E-state index in [2.05, 4.69) is 0 Å². The van der Waals surface area contributed by atoms with E-state index in [1.165, 1.54) is 0 Å². The molecule has 0 aliphatic rings. The first kappa shape index (κ1) is 14.4. The van der Waals surface area contributed by atoms with Gasteiger partial charge in [0, 0.05) is 31.9 Å². The average Bonchev–Trinajstić information content (AvgIpc) is 2.37. The van der Waals surface area contributed by atoms with E-state index in [1.54, 1.807) is 24.4 Å². The van der Waals surface area contributed by atoms with E-state index < -0.39 is 0 Å². The van der Waals surface area contributed by atoms with E-state index in [1.807, 2.05) is 38.1 Å². The highest BCUT2D eigenvalue weighted by Crippen LogP contribution is 2.07. The molecule has 0 saturated heterocycles. The van der Waals surface area contributed by atoms with Crippen LogP contribution in [-0.2, 0) is 16.4 Å². The predicted octanol–water partition coefficient (Wildman–Crippen LogP) is 2.41. The summed E-state index contributed by atoms with van der Waals surface area (Å²) < 4.78 is 0. The third-order valence-corrected chi connectivity index (χ3v) is 2.19. The van der Waals surface area contributed by atoms with Crippen LogP contribution in [0.2, 0.25) is 0 Å². The second-order valence-corrected chi connectivity index (χ2v) is 4.01. The van der Waals surface area contributed by atoms with Crippen molar-refractivity contribution in [1.82, 2.24) is 4.90 Å². The van der Waals surface area contributed by atoms with E-state index >= 15 is 0 Å². The molecule has 0 bridgehead atoms. The lowest BCUT2D eigenvalue weighted by atomic mass is 10.1. The molecule has 1 rings (SSSR count). The Morgan fingerprint density at radius 1 is 1.22 bits per heavy atom. The highest BCUT2D eigenvalue weighted by Gasteiger charge is 2.02. The van der Waals surface area contributed by atoms with Crippen LogP contribution in [0.5, 0.6) is 0 Å². The Morgan fingerprint density at radius 2 is 1.89 bits per heavy atom. The highest BCUT2D eigenvalue weighted by molar-refractivity contribution is 6.04. The summed E-state index contributed by atoms with van der Waals surface area (Å²) in [7, 11) is 3.75. The Labute approximate surface area is 108 Å². The van der Waals surface area contributed by atoms with E-state index in [0.717, 1.165) is 5.56 Å². The minimum absolute atomic E-state index is 0.0130. The molecule has 0 radical (unpaired) electrons. The summed E-state index contributed by atoms with van der Waals surface area (Å²) in [4.78, 5) is 23.3. The number of hydrogen-bond donors (Lipinski definition) is 0. The summed E-state index contributed by atoms with van der Waals surface area (Å²) in [6.45, 7) is 2.76. The molecule has 0 spiro atoms. The lowest BCUT2D eigenvalue weighted by Gasteiger charge is -2.04. The van der Waals surface area contributed by atoms with Crippen molar-refractivity contribution in [3.8, 4) is 0 Å². The molecule has 0 amide bonds. The van der Waals surface area contributed by atoms with Gasteiger partial charge in [0.15, 0.2) is 5.78 Å². The van der Waals surface area contributed by atoms with Gasteiger partial charge in [-0.1, -0.05) is 24.3 Å². The summed E-state index contributed by atoms with van der Waals surface area (Å²) in [6, 6.07) is 7.28. The molecule has 0 aromatic heterocycles. The van der Waals surface area contributed by atoms with Gasteiger partial charge in [-0.3, -0.25) is 4.79 Å². The number of nitrogens with zero attached hydrogens (tertiary/aromatic N) is 1. The number of rotatable bonds is 7. The smallest absolute Gasteiger partial charge is 0.187 e. The van der Waals surface area contributed by atoms with Gasteiger partial charge in [0.05, 0.1) is 6.61 Å². The monoisotopic (exact) mass is 249 g/mol. The lowest BCUT2D eigenvalue weighted by molar-refractivity contribution is -0.300. The number of hydrogen-bond acceptors (Lipinski definition) is 4. The maximum Gasteiger partial charge on any atom is 0.187 e. The Morgan fingerprint density at radius 3 is 2.44 bits per heavy atom. The first-order valence-electron chi connectivity index (χ1n) is 5.85. The summed E-state index contributed by atoms with van der Waals surface area (Å²) in [6.07, 6.45) is 3.28. The fraction of sp³-hybridized carbons (Fsp3) is 0.357. The number of allylic oxidation sites excluding steroid dienone is 1. The van der Waals surface area contributed by atoms with Crippen LogP contribution in [0.4, 0.5) is 0 Å². The van der Waals surface area contributed by atoms with Crippen LogP contribution >= 0.6 is 0 Å². The minimum atomic E-state index is -0.0130. The van der Waals surface area contributed by atoms with E-state index in [9.17, 15) is 4.79 Å². The largest absolute Gasteiger partial charge is 0.383 e. The number of carbonyl (C=O) groups is 1. The summed E-state index contributed by atoms with van der Waals surface area (Å²) in [5.74, 6) is -0.0130. The van der Waals surface area contributed by atoms with Crippen LogP contribution < -0.4 is 0 Å². The Balaban J connectivity index is 2.56. The molecule has 0 aliphatic carbocycles. The Hall–Kier alpha value is -1.65. The van der Waals surface area contributed by atoms with Crippen molar-refractivity contribution in [2.75, 3.05) is 20.7 Å². The maximum absolute atomic E-state index is 11.8. The molecule has 4 heteroatoms. The van der Waals surface area contributed by atoms with Gasteiger partial charge in [-0.05, 0) is 12.5 Å². The molecular formula is C14H19NO3. The molecule has 0 fully saturated rings. The molecular weight excluding hydrogens is 230 g/mol. The third-order valence-electron chi connectivity index (χ3n) is 2.19. The zero-order valence-corrected chi connectivity index (χ0v) is 11.1. The first-order chi connectivity index (χ1) is 8.63. The summed E-state index contributed by atoms with van der Waals surface area (Å²) in [5, 5.41) is 0. The zero-order chi connectivity index (χ0) is 13.4. The highest BCUT2D eigenvalue weighted by atomic mass is 17.2. The van der Waals surface area contributed by atoms with Crippen LogP contribution in [0.25, 0.3) is 0 Å². The molecule has 0 saturated carbocycles. The van der Waals surface area contributed by atoms with Crippen molar-refractivity contribution in [1.29, 1.82) is 0 Å². The van der Waals surface area contributed by atoms with Gasteiger partial charge in [0.2, 0.25) is 0 Å². The van der Waals surface area contributed by atoms with Gasteiger partial charge in [-0.2, -0.15) is 0 Å². The van der Waals surface area contributed by atoms with Crippen molar-refractivity contribution in [3.63, 3.8) is 0 Å². The fourth-order valence-corrected chi connectivity index (χ4v) is 1.27. The van der Waals surface area contributed by atoms with Crippen molar-refractivity contribution < 1.29 is 14.6 Å². The SMILES string of the molecule is CCOOCc1ccc(C(=O)/C=C/N(C)C)cc1. The van der Waals surface area contributed by atoms with Crippen molar-refractivity contribution in [3.05, 3.63) is 47.7 Å². The number of carbonyl (C=O) groups excluding carboxylic acids is 1. The predicted molar refractivity (Wildman–Crippen MR) is 70.0 cm³/mol. The second kappa shape index (κ2) is 7.63. The number of ketones is 1. The zero-order valence-electron chi connectivity index (χ0n) is 11.1. The average molecular weight is 249 g/mol. The van der Waals surface area contributed by atoms with Crippen molar-refractivity contribution in [2.24, 2.45) is 0 Å². The van der Waals surface area contributed by atoms with Gasteiger partial charge >= 0.3 is 0 Å². The number of benzene rings is 1. The summed E-state index contributed by atoms with van der Waals surface area (Å²) >= 11 is 0. The quantitative estimate of drug-likeness (QED) is 0.244. The van der Waals surface area contributed by atoms with E-state index in [-0.39, 0.29) is 5.78 Å². The Kier molecular flexibility index (Phi) is 6.11. The summed E-state index contributed by atoms with van der Waals surface area (Å²) in [5.41, 5.74) is 1.63. The molecule has 0 aliphatic heterocycles. The topological polar surface area (TPSA) is 38.8 Å². The third kappa shape index (κ3) is 5.12. The van der Waals surface area contributed by atoms with Crippen LogP contribution in [0.3, 0.4) is 0 Å². The van der Waals surface area contributed by atoms with E-state index in [4.69, 9.17) is 9.78 Å². The molecule has 18 heavy (non-hydrogen) atoms. The van der Waals surface area contributed by atoms with Crippen molar-refractivity contribution >= 4 is 5.78 Å². The minimum Gasteiger partial charge on any atom is -0.383 e. The van der Waals surface area contributed by atoms with Gasteiger partial charge in [-0.15, -0.1) is 0 Å². The lowest BCUT2D eigenvalue weighted by Crippen LogP contribution is -2.03. The van der Waals surface area contributed by atoms with Gasteiger partial charge in [0.1, 0.15) is 6.61 Å². The molecule has 0 N–H and O–H groups in total. The van der Waals surface area contributed by atoms with Crippen molar-refractivity contribution in [2.45, 2.75) is 13.5 Å². The van der Waals surface area contributed by atoms with Gasteiger partial charge < -0.3 is 4.90 Å².